The van der Waals surface area contributed by atoms with Gasteiger partial charge in [-0.2, -0.15) is 0 Å². The molecule has 7 heteroatoms. The Labute approximate surface area is 260 Å². The van der Waals surface area contributed by atoms with Gasteiger partial charge in [-0.1, -0.05) is 108 Å². The van der Waals surface area contributed by atoms with Gasteiger partial charge in [0.05, 0.1) is 24.7 Å². The highest BCUT2D eigenvalue weighted by Crippen LogP contribution is 2.39. The summed E-state index contributed by atoms with van der Waals surface area (Å²) in [4.78, 5) is 24.2. The molecule has 1 aliphatic heterocycles. The Morgan fingerprint density at radius 1 is 0.953 bits per heavy atom. The van der Waals surface area contributed by atoms with E-state index in [0.29, 0.717) is 18.8 Å². The quantitative estimate of drug-likeness (QED) is 0.127. The topological polar surface area (TPSA) is 82.1 Å². The Kier molecular flexibility index (Phi) is 13.2. The van der Waals surface area contributed by atoms with Crippen molar-refractivity contribution in [3.63, 3.8) is 0 Å². The summed E-state index contributed by atoms with van der Waals surface area (Å²) in [6.45, 7) is 14.8. The Bertz CT molecular complexity index is 1110. The molecule has 236 valence electrons. The van der Waals surface area contributed by atoms with Crippen LogP contribution in [0.4, 0.5) is 0 Å². The van der Waals surface area contributed by atoms with Crippen molar-refractivity contribution in [2.24, 2.45) is 11.8 Å². The molecule has 0 aliphatic carbocycles. The number of carboxylic acids is 1. The molecule has 1 fully saturated rings. The maximum Gasteiger partial charge on any atom is 0.306 e. The number of ether oxygens (including phenoxy) is 2. The number of carbonyl (C=O) groups is 2. The van der Waals surface area contributed by atoms with Crippen molar-refractivity contribution in [1.29, 1.82) is 0 Å². The highest BCUT2D eigenvalue weighted by Gasteiger charge is 2.51. The third-order valence-corrected chi connectivity index (χ3v) is 13.6. The molecule has 0 saturated carbocycles. The summed E-state index contributed by atoms with van der Waals surface area (Å²) >= 11 is 0. The van der Waals surface area contributed by atoms with E-state index in [2.05, 4.69) is 65.5 Å². The van der Waals surface area contributed by atoms with Gasteiger partial charge in [0.25, 0.3) is 8.32 Å². The molecule has 2 aromatic carbocycles. The number of aliphatic carboxylic acids is 1. The van der Waals surface area contributed by atoms with Crippen molar-refractivity contribution in [2.45, 2.75) is 109 Å². The van der Waals surface area contributed by atoms with Crippen LogP contribution in [-0.2, 0) is 23.5 Å². The van der Waals surface area contributed by atoms with Gasteiger partial charge in [0.2, 0.25) is 0 Å². The van der Waals surface area contributed by atoms with E-state index in [1.54, 1.807) is 6.08 Å². The van der Waals surface area contributed by atoms with Crippen molar-refractivity contribution < 1.29 is 28.6 Å². The molecule has 0 aromatic heterocycles. The molecule has 0 radical (unpaired) electrons. The van der Waals surface area contributed by atoms with Gasteiger partial charge < -0.3 is 19.0 Å². The Morgan fingerprint density at radius 2 is 1.51 bits per heavy atom. The van der Waals surface area contributed by atoms with Crippen LogP contribution in [0.2, 0.25) is 5.04 Å². The Morgan fingerprint density at radius 3 is 2.02 bits per heavy atom. The molecule has 3 rings (SSSR count). The summed E-state index contributed by atoms with van der Waals surface area (Å²) in [5, 5.41) is 12.0. The van der Waals surface area contributed by atoms with Crippen molar-refractivity contribution in [1.82, 2.24) is 0 Å². The average molecular weight is 609 g/mol. The molecule has 1 heterocycles. The number of rotatable bonds is 16. The van der Waals surface area contributed by atoms with E-state index in [0.717, 1.165) is 42.5 Å². The van der Waals surface area contributed by atoms with Crippen LogP contribution in [0.5, 0.6) is 0 Å². The second-order valence-corrected chi connectivity index (χ2v) is 17.7. The van der Waals surface area contributed by atoms with E-state index < -0.39 is 20.4 Å². The molecule has 5 atom stereocenters. The molecule has 6 nitrogen and oxygen atoms in total. The maximum absolute atomic E-state index is 12.2. The fourth-order valence-corrected chi connectivity index (χ4v) is 11.4. The van der Waals surface area contributed by atoms with Crippen LogP contribution in [0.15, 0.2) is 73.3 Å². The molecule has 0 unspecified atom stereocenters. The maximum atomic E-state index is 12.2. The number of carbonyl (C=O) groups excluding carboxylic acids is 1. The molecule has 0 amide bonds. The number of benzene rings is 2. The lowest BCUT2D eigenvalue weighted by molar-refractivity contribution is -0.143. The largest absolute Gasteiger partial charge is 0.481 e. The molecule has 0 spiro atoms. The molecular formula is C36H52O6Si. The van der Waals surface area contributed by atoms with Gasteiger partial charge in [-0.15, -0.1) is 0 Å². The summed E-state index contributed by atoms with van der Waals surface area (Å²) in [6.07, 6.45) is 6.84. The number of carboxylic acid groups (broad SMARTS) is 1. The van der Waals surface area contributed by atoms with E-state index >= 15 is 0 Å². The van der Waals surface area contributed by atoms with Gasteiger partial charge in [0.15, 0.2) is 0 Å². The first-order chi connectivity index (χ1) is 20.4. The van der Waals surface area contributed by atoms with Crippen LogP contribution < -0.4 is 10.4 Å². The zero-order chi connectivity index (χ0) is 31.5. The number of hydrogen-bond acceptors (Lipinski definition) is 5. The lowest BCUT2D eigenvalue weighted by Crippen LogP contribution is -2.68. The van der Waals surface area contributed by atoms with Crippen LogP contribution in [0.3, 0.4) is 0 Å². The lowest BCUT2D eigenvalue weighted by Gasteiger charge is -2.45. The van der Waals surface area contributed by atoms with Gasteiger partial charge in [0, 0.05) is 6.42 Å². The van der Waals surface area contributed by atoms with Gasteiger partial charge >= 0.3 is 11.9 Å². The molecule has 1 aliphatic rings. The summed E-state index contributed by atoms with van der Waals surface area (Å²) in [7, 11) is -2.91. The lowest BCUT2D eigenvalue weighted by atomic mass is 9.88. The monoisotopic (exact) mass is 608 g/mol. The smallest absolute Gasteiger partial charge is 0.306 e. The minimum absolute atomic E-state index is 0.0557. The minimum atomic E-state index is -2.91. The van der Waals surface area contributed by atoms with E-state index in [4.69, 9.17) is 13.9 Å². The fraction of sp³-hybridized carbons (Fsp3) is 0.556. The van der Waals surface area contributed by atoms with Crippen LogP contribution in [0, 0.1) is 11.8 Å². The van der Waals surface area contributed by atoms with Crippen molar-refractivity contribution in [3.8, 4) is 0 Å². The third-order valence-electron chi connectivity index (χ3n) is 8.47. The first kappa shape index (κ1) is 34.7. The minimum Gasteiger partial charge on any atom is -0.481 e. The highest BCUT2D eigenvalue weighted by molar-refractivity contribution is 6.99. The van der Waals surface area contributed by atoms with Crippen molar-refractivity contribution >= 4 is 30.6 Å². The van der Waals surface area contributed by atoms with E-state index in [1.165, 1.54) is 0 Å². The Hall–Kier alpha value is -2.74. The third kappa shape index (κ3) is 10.2. The molecule has 1 saturated heterocycles. The van der Waals surface area contributed by atoms with Gasteiger partial charge in [-0.3, -0.25) is 9.59 Å². The standard InChI is InChI=1S/C36H52O6Si/c1-7-21-40-35(39)24-28(3)22-27(2)23-29-15-14-16-30(41-29)25-31(26-34(37)38)42-43(36(4,5)6,32-17-10-8-11-18-32)33-19-12-9-13-20-33/h7-13,17-20,27-31H,1,14-16,21-26H2,2-6H3,(H,37,38)/t27-,28+,29+,30-,31+/m0/s1. The second-order valence-electron chi connectivity index (χ2n) is 13.4. The first-order valence-corrected chi connectivity index (χ1v) is 17.8. The predicted octanol–water partition coefficient (Wildman–Crippen LogP) is 6.91. The molecule has 43 heavy (non-hydrogen) atoms. The second kappa shape index (κ2) is 16.4. The van der Waals surface area contributed by atoms with Gasteiger partial charge in [0.1, 0.15) is 6.61 Å². The predicted molar refractivity (Wildman–Crippen MR) is 175 cm³/mol. The van der Waals surface area contributed by atoms with Crippen molar-refractivity contribution in [3.05, 3.63) is 73.3 Å². The number of hydrogen-bond donors (Lipinski definition) is 1. The SMILES string of the molecule is C=CCOC(=O)C[C@H](C)C[C@H](C)C[C@H]1CCC[C@@H](C[C@H](CC(=O)O)O[Si](c2ccccc2)(c2ccccc2)C(C)(C)C)O1. The first-order valence-electron chi connectivity index (χ1n) is 15.9. The van der Waals surface area contributed by atoms with Crippen LogP contribution in [-0.4, -0.2) is 50.3 Å². The normalized spacial score (nSPS) is 19.7. The van der Waals surface area contributed by atoms with E-state index in [1.807, 2.05) is 36.4 Å². The fourth-order valence-electron chi connectivity index (χ4n) is 6.74. The summed E-state index contributed by atoms with van der Waals surface area (Å²) in [5.74, 6) is -0.413. The average Bonchev–Trinajstić information content (AvgIpc) is 2.94. The molecule has 0 bridgehead atoms. The molecule has 2 aromatic rings. The molecular weight excluding hydrogens is 556 g/mol. The van der Waals surface area contributed by atoms with Crippen molar-refractivity contribution in [2.75, 3.05) is 6.61 Å². The van der Waals surface area contributed by atoms with Crippen LogP contribution in [0.25, 0.3) is 0 Å². The van der Waals surface area contributed by atoms with Gasteiger partial charge in [-0.25, -0.2) is 0 Å². The van der Waals surface area contributed by atoms with Crippen LogP contribution >= 0.6 is 0 Å². The van der Waals surface area contributed by atoms with E-state index in [-0.39, 0.29) is 42.2 Å². The van der Waals surface area contributed by atoms with E-state index in [9.17, 15) is 14.7 Å². The summed E-state index contributed by atoms with van der Waals surface area (Å²) in [5.41, 5.74) is 0. The highest BCUT2D eigenvalue weighted by atomic mass is 28.4. The zero-order valence-corrected chi connectivity index (χ0v) is 27.8. The van der Waals surface area contributed by atoms with Crippen LogP contribution in [0.1, 0.15) is 86.0 Å². The van der Waals surface area contributed by atoms with Gasteiger partial charge in [-0.05, 0) is 65.8 Å². The number of esters is 1. The summed E-state index contributed by atoms with van der Waals surface area (Å²) < 4.78 is 19.0. The zero-order valence-electron chi connectivity index (χ0n) is 26.8. The summed E-state index contributed by atoms with van der Waals surface area (Å²) in [6, 6.07) is 20.7. The molecule has 1 N–H and O–H groups in total. The Balaban J connectivity index is 1.75.